The Hall–Kier alpha value is -3.03. The Balaban J connectivity index is 1.69. The summed E-state index contributed by atoms with van der Waals surface area (Å²) in [6.07, 6.45) is 4.59. The van der Waals surface area contributed by atoms with Crippen LogP contribution in [-0.2, 0) is 10.0 Å². The Bertz CT molecular complexity index is 1230. The van der Waals surface area contributed by atoms with Crippen molar-refractivity contribution in [2.75, 3.05) is 0 Å². The van der Waals surface area contributed by atoms with E-state index < -0.39 is 16.1 Å². The minimum Gasteiger partial charge on any atom is -0.263 e. The highest BCUT2D eigenvalue weighted by Gasteiger charge is 2.22. The van der Waals surface area contributed by atoms with E-state index in [2.05, 4.69) is 33.0 Å². The normalized spacial score (nSPS) is 12.9. The van der Waals surface area contributed by atoms with Crippen molar-refractivity contribution in [3.8, 4) is 5.69 Å². The largest absolute Gasteiger partial charge is 0.263 e. The monoisotopic (exact) mass is 392 g/mol. The molecule has 142 valence electrons. The average Bonchev–Trinajstić information content (AvgIpc) is 3.09. The van der Waals surface area contributed by atoms with Crippen LogP contribution in [0.5, 0.6) is 0 Å². The van der Waals surface area contributed by atoms with E-state index in [1.165, 1.54) is 12.3 Å². The minimum atomic E-state index is -3.66. The maximum absolute atomic E-state index is 12.6. The summed E-state index contributed by atoms with van der Waals surface area (Å²) in [7, 11) is -3.66. The molecule has 28 heavy (non-hydrogen) atoms. The molecule has 2 heterocycles. The highest BCUT2D eigenvalue weighted by molar-refractivity contribution is 7.89. The summed E-state index contributed by atoms with van der Waals surface area (Å²) in [5, 5.41) is 6.75. The first kappa shape index (κ1) is 18.3. The van der Waals surface area contributed by atoms with Crippen molar-refractivity contribution in [2.45, 2.75) is 24.8 Å². The van der Waals surface area contributed by atoms with Crippen molar-refractivity contribution >= 4 is 20.8 Å². The number of nitrogens with zero attached hydrogens (tertiary/aromatic N) is 3. The summed E-state index contributed by atoms with van der Waals surface area (Å²) in [6.45, 7) is 3.75. The van der Waals surface area contributed by atoms with E-state index >= 15 is 0 Å². The molecule has 0 fully saturated rings. The molecule has 4 aromatic rings. The summed E-state index contributed by atoms with van der Waals surface area (Å²) in [5.41, 5.74) is 2.67. The molecule has 1 unspecified atom stereocenters. The van der Waals surface area contributed by atoms with Gasteiger partial charge < -0.3 is 0 Å². The highest BCUT2D eigenvalue weighted by Crippen LogP contribution is 2.26. The van der Waals surface area contributed by atoms with Gasteiger partial charge in [0.05, 0.1) is 11.9 Å². The molecule has 1 atom stereocenters. The van der Waals surface area contributed by atoms with Crippen molar-refractivity contribution in [3.63, 3.8) is 0 Å². The van der Waals surface area contributed by atoms with Crippen LogP contribution in [0.25, 0.3) is 16.5 Å². The maximum Gasteiger partial charge on any atom is 0.242 e. The third-order valence-electron chi connectivity index (χ3n) is 4.79. The van der Waals surface area contributed by atoms with Gasteiger partial charge in [-0.05, 0) is 37.4 Å². The van der Waals surface area contributed by atoms with Gasteiger partial charge in [-0.2, -0.15) is 5.10 Å². The van der Waals surface area contributed by atoms with Gasteiger partial charge in [-0.25, -0.2) is 17.8 Å². The van der Waals surface area contributed by atoms with Crippen LogP contribution in [0.15, 0.2) is 78.1 Å². The lowest BCUT2D eigenvalue weighted by Crippen LogP contribution is -2.27. The maximum atomic E-state index is 12.6. The third-order valence-corrected chi connectivity index (χ3v) is 6.31. The van der Waals surface area contributed by atoms with Crippen LogP contribution in [0.4, 0.5) is 0 Å². The third kappa shape index (κ3) is 3.30. The van der Waals surface area contributed by atoms with Gasteiger partial charge in [0, 0.05) is 35.1 Å². The van der Waals surface area contributed by atoms with Gasteiger partial charge in [0.25, 0.3) is 0 Å². The van der Waals surface area contributed by atoms with Crippen LogP contribution < -0.4 is 4.72 Å². The van der Waals surface area contributed by atoms with Crippen molar-refractivity contribution < 1.29 is 8.42 Å². The Morgan fingerprint density at radius 3 is 2.57 bits per heavy atom. The van der Waals surface area contributed by atoms with E-state index in [9.17, 15) is 8.42 Å². The zero-order valence-corrected chi connectivity index (χ0v) is 16.4. The van der Waals surface area contributed by atoms with Gasteiger partial charge in [-0.15, -0.1) is 0 Å². The Morgan fingerprint density at radius 1 is 1.00 bits per heavy atom. The van der Waals surface area contributed by atoms with E-state index in [4.69, 9.17) is 0 Å². The molecule has 0 aliphatic carbocycles. The van der Waals surface area contributed by atoms with Gasteiger partial charge in [-0.1, -0.05) is 36.4 Å². The average molecular weight is 392 g/mol. The number of fused-ring (bicyclic) bond motifs is 1. The van der Waals surface area contributed by atoms with E-state index in [1.54, 1.807) is 18.5 Å². The SMILES string of the molecule is Cc1c(C(C)NS(=O)(=O)c2cccnc2)cnn1-c1cccc2ccccc12. The van der Waals surface area contributed by atoms with Crippen molar-refractivity contribution in [1.29, 1.82) is 0 Å². The fourth-order valence-electron chi connectivity index (χ4n) is 3.35. The zero-order chi connectivity index (χ0) is 19.7. The fourth-order valence-corrected chi connectivity index (χ4v) is 4.54. The quantitative estimate of drug-likeness (QED) is 0.561. The van der Waals surface area contributed by atoms with Gasteiger partial charge in [-0.3, -0.25) is 4.98 Å². The minimum absolute atomic E-state index is 0.140. The number of aromatic nitrogens is 3. The van der Waals surface area contributed by atoms with Crippen molar-refractivity contribution in [2.24, 2.45) is 0 Å². The predicted octanol–water partition coefficient (Wildman–Crippen LogP) is 3.77. The number of hydrogen-bond acceptors (Lipinski definition) is 4. The van der Waals surface area contributed by atoms with Gasteiger partial charge in [0.15, 0.2) is 0 Å². The second kappa shape index (κ2) is 7.18. The van der Waals surface area contributed by atoms with Crippen molar-refractivity contribution in [3.05, 3.63) is 84.4 Å². The molecule has 1 N–H and O–H groups in total. The smallest absolute Gasteiger partial charge is 0.242 e. The van der Waals surface area contributed by atoms with Crippen LogP contribution in [0, 0.1) is 6.92 Å². The van der Waals surface area contributed by atoms with Crippen LogP contribution >= 0.6 is 0 Å². The second-order valence-corrected chi connectivity index (χ2v) is 8.34. The summed E-state index contributed by atoms with van der Waals surface area (Å²) < 4.78 is 29.8. The lowest BCUT2D eigenvalue weighted by Gasteiger charge is -2.15. The van der Waals surface area contributed by atoms with Gasteiger partial charge in [0.2, 0.25) is 10.0 Å². The Kier molecular flexibility index (Phi) is 4.70. The van der Waals surface area contributed by atoms with Gasteiger partial charge in [0.1, 0.15) is 4.90 Å². The lowest BCUT2D eigenvalue weighted by molar-refractivity contribution is 0.566. The number of nitrogens with one attached hydrogen (secondary N) is 1. The van der Waals surface area contributed by atoms with Crippen molar-refractivity contribution in [1.82, 2.24) is 19.5 Å². The fraction of sp³-hybridized carbons (Fsp3) is 0.143. The summed E-state index contributed by atoms with van der Waals surface area (Å²) in [6, 6.07) is 16.9. The molecular formula is C21H20N4O2S. The molecule has 0 saturated heterocycles. The Morgan fingerprint density at radius 2 is 1.79 bits per heavy atom. The summed E-state index contributed by atoms with van der Waals surface area (Å²) >= 11 is 0. The standard InChI is InChI=1S/C21H20N4O2S/c1-15(24-28(26,27)18-9-6-12-22-13-18)20-14-23-25(16(20)2)21-11-5-8-17-7-3-4-10-19(17)21/h3-15,24H,1-2H3. The molecule has 0 radical (unpaired) electrons. The van der Waals surface area contributed by atoms with E-state index in [0.29, 0.717) is 0 Å². The van der Waals surface area contributed by atoms with Crippen LogP contribution in [0.2, 0.25) is 0 Å². The zero-order valence-electron chi connectivity index (χ0n) is 15.6. The number of pyridine rings is 1. The molecule has 2 aromatic heterocycles. The Labute approximate surface area is 163 Å². The molecule has 0 aliphatic rings. The number of rotatable bonds is 5. The molecule has 2 aromatic carbocycles. The summed E-state index contributed by atoms with van der Waals surface area (Å²) in [4.78, 5) is 4.03. The molecular weight excluding hydrogens is 372 g/mol. The molecule has 0 aliphatic heterocycles. The first-order valence-electron chi connectivity index (χ1n) is 8.92. The second-order valence-electron chi connectivity index (χ2n) is 6.63. The number of sulfonamides is 1. The topological polar surface area (TPSA) is 76.9 Å². The molecule has 0 spiro atoms. The molecule has 4 rings (SSSR count). The molecule has 0 amide bonds. The van der Waals surface area contributed by atoms with Gasteiger partial charge >= 0.3 is 0 Å². The molecule has 6 nitrogen and oxygen atoms in total. The predicted molar refractivity (Wildman–Crippen MR) is 109 cm³/mol. The lowest BCUT2D eigenvalue weighted by atomic mass is 10.1. The number of hydrogen-bond donors (Lipinski definition) is 1. The van der Waals surface area contributed by atoms with Crippen LogP contribution in [0.1, 0.15) is 24.2 Å². The molecule has 0 saturated carbocycles. The number of benzene rings is 2. The van der Waals surface area contributed by atoms with E-state index in [-0.39, 0.29) is 4.90 Å². The highest BCUT2D eigenvalue weighted by atomic mass is 32.2. The molecule has 0 bridgehead atoms. The first-order chi connectivity index (χ1) is 13.5. The summed E-state index contributed by atoms with van der Waals surface area (Å²) in [5.74, 6) is 0. The van der Waals surface area contributed by atoms with Crippen LogP contribution in [-0.4, -0.2) is 23.2 Å². The first-order valence-corrected chi connectivity index (χ1v) is 10.4. The van der Waals surface area contributed by atoms with E-state index in [1.807, 2.05) is 42.8 Å². The van der Waals surface area contributed by atoms with Crippen LogP contribution in [0.3, 0.4) is 0 Å². The van der Waals surface area contributed by atoms with E-state index in [0.717, 1.165) is 27.7 Å². The molecule has 7 heteroatoms.